The SMILES string of the molecule is CC(C)=CCOc1nc2ccccc2s1. The fourth-order valence-corrected chi connectivity index (χ4v) is 2.02. The molecule has 2 aromatic rings. The lowest BCUT2D eigenvalue weighted by Gasteiger charge is -1.96. The lowest BCUT2D eigenvalue weighted by molar-refractivity contribution is 0.360. The second-order valence-electron chi connectivity index (χ2n) is 3.54. The number of ether oxygens (including phenoxy) is 1. The highest BCUT2D eigenvalue weighted by Gasteiger charge is 2.02. The Morgan fingerprint density at radius 1 is 1.40 bits per heavy atom. The van der Waals surface area contributed by atoms with E-state index in [1.54, 1.807) is 11.3 Å². The van der Waals surface area contributed by atoms with Gasteiger partial charge in [0.05, 0.1) is 10.2 Å². The molecule has 0 unspecified atom stereocenters. The summed E-state index contributed by atoms with van der Waals surface area (Å²) in [5.41, 5.74) is 2.27. The number of hydrogen-bond donors (Lipinski definition) is 0. The van der Waals surface area contributed by atoms with Gasteiger partial charge in [-0.15, -0.1) is 0 Å². The maximum Gasteiger partial charge on any atom is 0.274 e. The van der Waals surface area contributed by atoms with Crippen LogP contribution in [0, 0.1) is 0 Å². The lowest BCUT2D eigenvalue weighted by atomic mass is 10.3. The van der Waals surface area contributed by atoms with E-state index in [-0.39, 0.29) is 0 Å². The Hall–Kier alpha value is -1.35. The molecule has 0 spiro atoms. The van der Waals surface area contributed by atoms with E-state index < -0.39 is 0 Å². The maximum atomic E-state index is 5.53. The molecule has 0 saturated carbocycles. The number of aromatic nitrogens is 1. The number of fused-ring (bicyclic) bond motifs is 1. The van der Waals surface area contributed by atoms with E-state index in [1.165, 1.54) is 10.3 Å². The standard InChI is InChI=1S/C12H13NOS/c1-9(2)7-8-14-12-13-10-5-3-4-6-11(10)15-12/h3-7H,8H2,1-2H3. The van der Waals surface area contributed by atoms with Crippen LogP contribution >= 0.6 is 11.3 Å². The van der Waals surface area contributed by atoms with Gasteiger partial charge in [-0.3, -0.25) is 0 Å². The first-order chi connectivity index (χ1) is 7.25. The Kier molecular flexibility index (Phi) is 3.02. The number of nitrogens with zero attached hydrogens (tertiary/aromatic N) is 1. The minimum Gasteiger partial charge on any atom is -0.466 e. The first-order valence-electron chi connectivity index (χ1n) is 4.87. The molecule has 0 aliphatic rings. The summed E-state index contributed by atoms with van der Waals surface area (Å²) in [5, 5.41) is 0.744. The van der Waals surface area contributed by atoms with Crippen LogP contribution in [0.15, 0.2) is 35.9 Å². The summed E-state index contributed by atoms with van der Waals surface area (Å²) >= 11 is 1.59. The predicted molar refractivity (Wildman–Crippen MR) is 64.5 cm³/mol. The molecule has 0 N–H and O–H groups in total. The largest absolute Gasteiger partial charge is 0.466 e. The topological polar surface area (TPSA) is 22.1 Å². The monoisotopic (exact) mass is 219 g/mol. The van der Waals surface area contributed by atoms with Gasteiger partial charge in [0.1, 0.15) is 6.61 Å². The Balaban J connectivity index is 2.12. The number of allylic oxidation sites excluding steroid dienone is 1. The zero-order valence-electron chi connectivity index (χ0n) is 8.86. The maximum absolute atomic E-state index is 5.53. The van der Waals surface area contributed by atoms with Crippen molar-refractivity contribution in [3.8, 4) is 5.19 Å². The Morgan fingerprint density at radius 3 is 2.93 bits per heavy atom. The fourth-order valence-electron chi connectivity index (χ4n) is 1.19. The summed E-state index contributed by atoms with van der Waals surface area (Å²) < 4.78 is 6.70. The lowest BCUT2D eigenvalue weighted by Crippen LogP contribution is -1.92. The average Bonchev–Trinajstić information content (AvgIpc) is 2.59. The van der Waals surface area contributed by atoms with Crippen LogP contribution in [0.3, 0.4) is 0 Å². The first kappa shape index (κ1) is 10.2. The molecule has 15 heavy (non-hydrogen) atoms. The van der Waals surface area contributed by atoms with Crippen LogP contribution in [0.4, 0.5) is 0 Å². The molecule has 0 bridgehead atoms. The summed E-state index contributed by atoms with van der Waals surface area (Å²) in [7, 11) is 0. The Labute approximate surface area is 93.2 Å². The molecule has 0 atom stereocenters. The van der Waals surface area contributed by atoms with E-state index in [0.29, 0.717) is 6.61 Å². The van der Waals surface area contributed by atoms with Gasteiger partial charge in [0, 0.05) is 0 Å². The third-order valence-electron chi connectivity index (χ3n) is 1.97. The molecule has 0 aliphatic heterocycles. The van der Waals surface area contributed by atoms with E-state index >= 15 is 0 Å². The summed E-state index contributed by atoms with van der Waals surface area (Å²) in [6.45, 7) is 4.71. The number of hydrogen-bond acceptors (Lipinski definition) is 3. The number of rotatable bonds is 3. The second-order valence-corrected chi connectivity index (χ2v) is 4.53. The molecule has 0 aliphatic carbocycles. The minimum absolute atomic E-state index is 0.599. The highest BCUT2D eigenvalue weighted by molar-refractivity contribution is 7.20. The molecule has 0 amide bonds. The molecule has 1 aromatic carbocycles. The molecule has 0 fully saturated rings. The summed E-state index contributed by atoms with van der Waals surface area (Å²) in [6, 6.07) is 8.06. The van der Waals surface area contributed by atoms with Gasteiger partial charge in [0.25, 0.3) is 5.19 Å². The normalized spacial score (nSPS) is 10.3. The molecule has 1 heterocycles. The number of benzene rings is 1. The van der Waals surface area contributed by atoms with Crippen molar-refractivity contribution in [1.29, 1.82) is 0 Å². The van der Waals surface area contributed by atoms with Gasteiger partial charge in [0.15, 0.2) is 0 Å². The van der Waals surface area contributed by atoms with Gasteiger partial charge in [0.2, 0.25) is 0 Å². The predicted octanol–water partition coefficient (Wildman–Crippen LogP) is 3.64. The van der Waals surface area contributed by atoms with Crippen molar-refractivity contribution in [3.63, 3.8) is 0 Å². The fraction of sp³-hybridized carbons (Fsp3) is 0.250. The van der Waals surface area contributed by atoms with Crippen molar-refractivity contribution < 1.29 is 4.74 Å². The van der Waals surface area contributed by atoms with Crippen molar-refractivity contribution in [2.24, 2.45) is 0 Å². The van der Waals surface area contributed by atoms with E-state index in [9.17, 15) is 0 Å². The Morgan fingerprint density at radius 2 is 2.20 bits per heavy atom. The van der Waals surface area contributed by atoms with Crippen molar-refractivity contribution in [2.45, 2.75) is 13.8 Å². The van der Waals surface area contributed by atoms with Gasteiger partial charge in [-0.25, -0.2) is 4.98 Å². The van der Waals surface area contributed by atoms with Crippen LogP contribution in [0.5, 0.6) is 5.19 Å². The first-order valence-corrected chi connectivity index (χ1v) is 5.69. The van der Waals surface area contributed by atoms with Crippen LogP contribution < -0.4 is 4.74 Å². The van der Waals surface area contributed by atoms with Gasteiger partial charge in [-0.2, -0.15) is 0 Å². The summed E-state index contributed by atoms with van der Waals surface area (Å²) in [5.74, 6) is 0. The van der Waals surface area contributed by atoms with Crippen molar-refractivity contribution >= 4 is 21.6 Å². The third kappa shape index (κ3) is 2.57. The molecule has 0 radical (unpaired) electrons. The summed E-state index contributed by atoms with van der Waals surface area (Å²) in [4.78, 5) is 4.38. The van der Waals surface area contributed by atoms with Gasteiger partial charge in [-0.05, 0) is 32.1 Å². The van der Waals surface area contributed by atoms with Gasteiger partial charge < -0.3 is 4.74 Å². The zero-order chi connectivity index (χ0) is 10.7. The van der Waals surface area contributed by atoms with Crippen molar-refractivity contribution in [3.05, 3.63) is 35.9 Å². The van der Waals surface area contributed by atoms with E-state index in [0.717, 1.165) is 10.7 Å². The molecule has 2 nitrogen and oxygen atoms in total. The smallest absolute Gasteiger partial charge is 0.274 e. The van der Waals surface area contributed by atoms with Crippen LogP contribution in [0.25, 0.3) is 10.2 Å². The van der Waals surface area contributed by atoms with Crippen LogP contribution in [-0.4, -0.2) is 11.6 Å². The van der Waals surface area contributed by atoms with E-state index in [2.05, 4.69) is 24.9 Å². The van der Waals surface area contributed by atoms with E-state index in [1.807, 2.05) is 24.3 Å². The van der Waals surface area contributed by atoms with Crippen LogP contribution in [-0.2, 0) is 0 Å². The third-order valence-corrected chi connectivity index (χ3v) is 2.92. The number of para-hydroxylation sites is 1. The molecular formula is C12H13NOS. The van der Waals surface area contributed by atoms with Crippen LogP contribution in [0.2, 0.25) is 0 Å². The van der Waals surface area contributed by atoms with Gasteiger partial charge in [-0.1, -0.05) is 29.0 Å². The Bertz CT molecular complexity index is 450. The molecule has 2 rings (SSSR count). The van der Waals surface area contributed by atoms with Crippen molar-refractivity contribution in [2.75, 3.05) is 6.61 Å². The molecule has 1 aromatic heterocycles. The highest BCUT2D eigenvalue weighted by atomic mass is 32.1. The minimum atomic E-state index is 0.599. The van der Waals surface area contributed by atoms with Crippen LogP contribution in [0.1, 0.15) is 13.8 Å². The molecule has 0 saturated heterocycles. The molecule has 78 valence electrons. The van der Waals surface area contributed by atoms with E-state index in [4.69, 9.17) is 4.74 Å². The average molecular weight is 219 g/mol. The molecule has 3 heteroatoms. The number of thiazole rings is 1. The van der Waals surface area contributed by atoms with Gasteiger partial charge >= 0.3 is 0 Å². The van der Waals surface area contributed by atoms with Crippen molar-refractivity contribution in [1.82, 2.24) is 4.98 Å². The quantitative estimate of drug-likeness (QED) is 0.735. The zero-order valence-corrected chi connectivity index (χ0v) is 9.67. The second kappa shape index (κ2) is 4.45. The summed E-state index contributed by atoms with van der Waals surface area (Å²) in [6.07, 6.45) is 2.05. The highest BCUT2D eigenvalue weighted by Crippen LogP contribution is 2.27. The molecular weight excluding hydrogens is 206 g/mol.